The summed E-state index contributed by atoms with van der Waals surface area (Å²) in [7, 11) is -3.29. The van der Waals surface area contributed by atoms with E-state index in [1.54, 1.807) is 38.1 Å². The third-order valence-corrected chi connectivity index (χ3v) is 7.95. The van der Waals surface area contributed by atoms with Crippen LogP contribution in [0.3, 0.4) is 0 Å². The summed E-state index contributed by atoms with van der Waals surface area (Å²) >= 11 is 1.96. The maximum absolute atomic E-state index is 12.2. The Labute approximate surface area is 162 Å². The number of carbonyl (C=O) groups is 1. The fourth-order valence-corrected chi connectivity index (χ4v) is 5.57. The maximum atomic E-state index is 12.2. The molecule has 0 bridgehead atoms. The highest BCUT2D eigenvalue weighted by molar-refractivity contribution is 7.99. The van der Waals surface area contributed by atoms with Crippen LogP contribution in [0.15, 0.2) is 24.3 Å². The molecule has 1 fully saturated rings. The first-order chi connectivity index (χ1) is 12.5. The topological polar surface area (TPSA) is 66.5 Å². The number of nitrogens with zero attached hydrogens (tertiary/aromatic N) is 1. The number of hydrogen-bond donors (Lipinski definition) is 1. The van der Waals surface area contributed by atoms with Crippen LogP contribution < -0.4 is 9.62 Å². The van der Waals surface area contributed by atoms with Crippen molar-refractivity contribution in [3.05, 3.63) is 29.8 Å². The molecule has 7 heteroatoms. The molecule has 0 atom stereocenters. The highest BCUT2D eigenvalue weighted by Crippen LogP contribution is 2.27. The van der Waals surface area contributed by atoms with Crippen molar-refractivity contribution in [2.45, 2.75) is 51.2 Å². The molecule has 1 aliphatic carbocycles. The number of anilines is 1. The molecule has 1 aliphatic rings. The number of rotatable bonds is 9. The van der Waals surface area contributed by atoms with Gasteiger partial charge in [-0.15, -0.1) is 0 Å². The average molecular weight is 399 g/mol. The van der Waals surface area contributed by atoms with Crippen molar-refractivity contribution in [2.24, 2.45) is 0 Å². The molecule has 1 saturated carbocycles. The summed E-state index contributed by atoms with van der Waals surface area (Å²) in [6.07, 6.45) is 6.62. The summed E-state index contributed by atoms with van der Waals surface area (Å²) in [6.45, 7) is 4.47. The molecule has 0 spiro atoms. The van der Waals surface area contributed by atoms with Crippen LogP contribution in [0.2, 0.25) is 0 Å². The molecule has 0 saturated heterocycles. The number of thioether (sulfide) groups is 1. The molecular weight excluding hydrogens is 368 g/mol. The summed E-state index contributed by atoms with van der Waals surface area (Å²) in [5.74, 6) is 0.886. The number of carbonyl (C=O) groups excluding carboxylic acids is 1. The second kappa shape index (κ2) is 10.2. The molecule has 0 aliphatic heterocycles. The molecule has 2 rings (SSSR count). The molecule has 0 radical (unpaired) electrons. The molecule has 26 heavy (non-hydrogen) atoms. The number of nitrogens with one attached hydrogen (secondary N) is 1. The van der Waals surface area contributed by atoms with E-state index in [0.29, 0.717) is 24.3 Å². The highest BCUT2D eigenvalue weighted by atomic mass is 32.2. The summed E-state index contributed by atoms with van der Waals surface area (Å²) < 4.78 is 25.6. The third-order valence-electron chi connectivity index (χ3n) is 4.70. The largest absolute Gasteiger partial charge is 0.351 e. The molecule has 0 aromatic heterocycles. The molecule has 0 heterocycles. The summed E-state index contributed by atoms with van der Waals surface area (Å²) in [5, 5.41) is 3.70. The van der Waals surface area contributed by atoms with E-state index in [0.717, 1.165) is 11.0 Å². The van der Waals surface area contributed by atoms with Crippen LogP contribution in [0, 0.1) is 0 Å². The van der Waals surface area contributed by atoms with Gasteiger partial charge in [0.05, 0.1) is 11.4 Å². The van der Waals surface area contributed by atoms with Gasteiger partial charge >= 0.3 is 0 Å². The van der Waals surface area contributed by atoms with Crippen molar-refractivity contribution in [3.63, 3.8) is 0 Å². The van der Waals surface area contributed by atoms with Crippen molar-refractivity contribution in [1.82, 2.24) is 5.32 Å². The molecule has 1 aromatic carbocycles. The van der Waals surface area contributed by atoms with Crippen LogP contribution in [-0.2, 0) is 10.0 Å². The smallest absolute Gasteiger partial charge is 0.251 e. The predicted octanol–water partition coefficient (Wildman–Crippen LogP) is 3.66. The Bertz CT molecular complexity index is 669. The normalized spacial score (nSPS) is 15.6. The van der Waals surface area contributed by atoms with Gasteiger partial charge in [0.1, 0.15) is 0 Å². The lowest BCUT2D eigenvalue weighted by Crippen LogP contribution is -2.32. The lowest BCUT2D eigenvalue weighted by molar-refractivity contribution is 0.0956. The van der Waals surface area contributed by atoms with E-state index in [-0.39, 0.29) is 11.7 Å². The zero-order valence-corrected chi connectivity index (χ0v) is 17.4. The zero-order chi connectivity index (χ0) is 19.0. The molecule has 1 aromatic rings. The SMILES string of the molecule is CCN(c1ccc(C(=O)NCCSC2CCCCC2)cc1)S(=O)(=O)CC. The minimum Gasteiger partial charge on any atom is -0.351 e. The Balaban J connectivity index is 1.84. The molecule has 146 valence electrons. The number of sulfonamides is 1. The molecule has 1 amide bonds. The minimum absolute atomic E-state index is 0.0573. The van der Waals surface area contributed by atoms with Gasteiger partial charge < -0.3 is 5.32 Å². The van der Waals surface area contributed by atoms with Crippen molar-refractivity contribution in [2.75, 3.05) is 28.9 Å². The van der Waals surface area contributed by atoms with Crippen molar-refractivity contribution in [3.8, 4) is 0 Å². The minimum atomic E-state index is -3.29. The van der Waals surface area contributed by atoms with Gasteiger partial charge in [0, 0.05) is 29.7 Å². The lowest BCUT2D eigenvalue weighted by atomic mass is 10.0. The van der Waals surface area contributed by atoms with Crippen LogP contribution in [0.1, 0.15) is 56.3 Å². The second-order valence-electron chi connectivity index (χ2n) is 6.50. The average Bonchev–Trinajstić information content (AvgIpc) is 2.67. The number of benzene rings is 1. The first kappa shape index (κ1) is 21.1. The Morgan fingerprint density at radius 3 is 2.38 bits per heavy atom. The lowest BCUT2D eigenvalue weighted by Gasteiger charge is -2.22. The van der Waals surface area contributed by atoms with Gasteiger partial charge in [-0.2, -0.15) is 11.8 Å². The third kappa shape index (κ3) is 5.91. The summed E-state index contributed by atoms with van der Waals surface area (Å²) in [6, 6.07) is 6.77. The standard InChI is InChI=1S/C19H30N2O3S2/c1-3-21(26(23,24)4-2)17-12-10-16(11-13-17)19(22)20-14-15-25-18-8-6-5-7-9-18/h10-13,18H,3-9,14-15H2,1-2H3,(H,20,22). The molecular formula is C19H30N2O3S2. The Morgan fingerprint density at radius 1 is 1.15 bits per heavy atom. The van der Waals surface area contributed by atoms with Gasteiger partial charge in [0.2, 0.25) is 10.0 Å². The first-order valence-corrected chi connectivity index (χ1v) is 12.1. The number of amides is 1. The van der Waals surface area contributed by atoms with E-state index in [4.69, 9.17) is 0 Å². The van der Waals surface area contributed by atoms with Crippen molar-refractivity contribution in [1.29, 1.82) is 0 Å². The van der Waals surface area contributed by atoms with Gasteiger partial charge in [-0.25, -0.2) is 8.42 Å². The quantitative estimate of drug-likeness (QED) is 0.645. The molecule has 1 N–H and O–H groups in total. The van der Waals surface area contributed by atoms with Crippen LogP contribution in [0.25, 0.3) is 0 Å². The van der Waals surface area contributed by atoms with E-state index in [9.17, 15) is 13.2 Å². The van der Waals surface area contributed by atoms with E-state index >= 15 is 0 Å². The van der Waals surface area contributed by atoms with Crippen LogP contribution in [0.5, 0.6) is 0 Å². The number of hydrogen-bond acceptors (Lipinski definition) is 4. The Kier molecular flexibility index (Phi) is 8.28. The fourth-order valence-electron chi connectivity index (χ4n) is 3.20. The maximum Gasteiger partial charge on any atom is 0.251 e. The Morgan fingerprint density at radius 2 is 1.81 bits per heavy atom. The molecule has 0 unspecified atom stereocenters. The van der Waals surface area contributed by atoms with Crippen molar-refractivity contribution >= 4 is 33.4 Å². The van der Waals surface area contributed by atoms with Crippen molar-refractivity contribution < 1.29 is 13.2 Å². The highest BCUT2D eigenvalue weighted by Gasteiger charge is 2.19. The second-order valence-corrected chi connectivity index (χ2v) is 10.1. The first-order valence-electron chi connectivity index (χ1n) is 9.48. The summed E-state index contributed by atoms with van der Waals surface area (Å²) in [5.41, 5.74) is 1.15. The van der Waals surface area contributed by atoms with E-state index in [2.05, 4.69) is 5.32 Å². The predicted molar refractivity (Wildman–Crippen MR) is 111 cm³/mol. The van der Waals surface area contributed by atoms with Crippen LogP contribution in [-0.4, -0.2) is 44.2 Å². The van der Waals surface area contributed by atoms with E-state index in [1.165, 1.54) is 36.4 Å². The molecule has 5 nitrogen and oxygen atoms in total. The van der Waals surface area contributed by atoms with E-state index < -0.39 is 10.0 Å². The van der Waals surface area contributed by atoms with E-state index in [1.807, 2.05) is 11.8 Å². The van der Waals surface area contributed by atoms with Crippen LogP contribution >= 0.6 is 11.8 Å². The zero-order valence-electron chi connectivity index (χ0n) is 15.7. The van der Waals surface area contributed by atoms with Gasteiger partial charge in [0.25, 0.3) is 5.91 Å². The van der Waals surface area contributed by atoms with Gasteiger partial charge in [-0.3, -0.25) is 9.10 Å². The fraction of sp³-hybridized carbons (Fsp3) is 0.632. The monoisotopic (exact) mass is 398 g/mol. The Hall–Kier alpha value is -1.21. The van der Waals surface area contributed by atoms with Gasteiger partial charge in [-0.05, 0) is 51.0 Å². The van der Waals surface area contributed by atoms with Gasteiger partial charge in [-0.1, -0.05) is 19.3 Å². The summed E-state index contributed by atoms with van der Waals surface area (Å²) in [4.78, 5) is 12.2. The van der Waals surface area contributed by atoms with Gasteiger partial charge in [0.15, 0.2) is 0 Å². The van der Waals surface area contributed by atoms with Crippen LogP contribution in [0.4, 0.5) is 5.69 Å².